The number of halogens is 1. The van der Waals surface area contributed by atoms with Crippen LogP contribution in [0.1, 0.15) is 24.8 Å². The molecule has 4 aromatic heterocycles. The molecule has 0 aromatic carbocycles. The summed E-state index contributed by atoms with van der Waals surface area (Å²) in [6.45, 7) is 2.00. The first kappa shape index (κ1) is 17.4. The quantitative estimate of drug-likeness (QED) is 0.438. The Morgan fingerprint density at radius 1 is 1.30 bits per heavy atom. The molecule has 5 rings (SSSR count). The average molecular weight is 493 g/mol. The van der Waals surface area contributed by atoms with Gasteiger partial charge in [-0.25, -0.2) is 15.0 Å². The highest BCUT2D eigenvalue weighted by atomic mass is 127. The van der Waals surface area contributed by atoms with Crippen molar-refractivity contribution >= 4 is 55.7 Å². The second kappa shape index (κ2) is 5.90. The summed E-state index contributed by atoms with van der Waals surface area (Å²) in [6.07, 6.45) is 4.80. The number of rotatable bonds is 3. The fraction of sp³-hybridized carbons (Fsp3) is 0.333. The molecule has 0 saturated heterocycles. The highest BCUT2D eigenvalue weighted by molar-refractivity contribution is 14.1. The molecule has 0 bridgehead atoms. The lowest BCUT2D eigenvalue weighted by atomic mass is 9.69. The van der Waals surface area contributed by atoms with E-state index in [0.717, 1.165) is 32.6 Å². The van der Waals surface area contributed by atoms with Crippen LogP contribution in [0, 0.1) is 0 Å². The lowest BCUT2D eigenvalue weighted by Crippen LogP contribution is -2.53. The van der Waals surface area contributed by atoms with Crippen molar-refractivity contribution in [1.82, 2.24) is 24.7 Å². The predicted octanol–water partition coefficient (Wildman–Crippen LogP) is 3.75. The summed E-state index contributed by atoms with van der Waals surface area (Å²) in [5, 5.41) is 16.9. The first-order valence-electron chi connectivity index (χ1n) is 8.48. The number of hydrogen-bond acceptors (Lipinski definition) is 7. The van der Waals surface area contributed by atoms with Gasteiger partial charge in [-0.15, -0.1) is 0 Å². The number of fused-ring (bicyclic) bond motifs is 2. The molecular weight excluding hydrogens is 477 g/mol. The van der Waals surface area contributed by atoms with E-state index in [2.05, 4.69) is 15.1 Å². The molecule has 7 nitrogen and oxygen atoms in total. The molecule has 0 spiro atoms. The molecule has 1 fully saturated rings. The van der Waals surface area contributed by atoms with Crippen LogP contribution in [0.25, 0.3) is 32.6 Å². The van der Waals surface area contributed by atoms with E-state index in [1.165, 1.54) is 11.3 Å². The Morgan fingerprint density at radius 3 is 2.89 bits per heavy atom. The van der Waals surface area contributed by atoms with E-state index >= 15 is 0 Å². The SMILES string of the molecule is Cn1cc2cc(-c3ccc4nc(C5(O)CC(C)(OI)C5)sc4n3)cnc2n1. The van der Waals surface area contributed by atoms with Gasteiger partial charge < -0.3 is 8.17 Å². The van der Waals surface area contributed by atoms with Crippen LogP contribution in [0.15, 0.2) is 30.6 Å². The maximum Gasteiger partial charge on any atom is 0.181 e. The molecule has 27 heavy (non-hydrogen) atoms. The summed E-state index contributed by atoms with van der Waals surface area (Å²) in [4.78, 5) is 14.6. The van der Waals surface area contributed by atoms with E-state index in [0.29, 0.717) is 17.8 Å². The van der Waals surface area contributed by atoms with Gasteiger partial charge in [0.25, 0.3) is 0 Å². The minimum absolute atomic E-state index is 0.295. The zero-order chi connectivity index (χ0) is 18.8. The van der Waals surface area contributed by atoms with Gasteiger partial charge in [-0.05, 0) is 25.1 Å². The first-order valence-corrected chi connectivity index (χ1v) is 10.2. The van der Waals surface area contributed by atoms with Gasteiger partial charge in [0.1, 0.15) is 44.0 Å². The molecule has 4 heterocycles. The van der Waals surface area contributed by atoms with Gasteiger partial charge >= 0.3 is 0 Å². The van der Waals surface area contributed by atoms with Crippen LogP contribution in [-0.2, 0) is 15.7 Å². The third-order valence-corrected chi connectivity index (χ3v) is 7.16. The number of aliphatic hydroxyl groups is 1. The van der Waals surface area contributed by atoms with Crippen molar-refractivity contribution in [2.24, 2.45) is 7.05 Å². The normalized spacial score (nSPS) is 25.2. The Bertz CT molecular complexity index is 1180. The molecule has 1 saturated carbocycles. The third-order valence-electron chi connectivity index (χ3n) is 4.94. The van der Waals surface area contributed by atoms with Gasteiger partial charge in [0.15, 0.2) is 5.65 Å². The maximum absolute atomic E-state index is 10.9. The molecule has 1 aliphatic carbocycles. The maximum atomic E-state index is 10.9. The van der Waals surface area contributed by atoms with Crippen LogP contribution in [0.4, 0.5) is 0 Å². The topological polar surface area (TPSA) is 86.0 Å². The van der Waals surface area contributed by atoms with Crippen molar-refractivity contribution in [3.8, 4) is 11.3 Å². The van der Waals surface area contributed by atoms with Gasteiger partial charge in [0, 0.05) is 43.2 Å². The molecule has 0 atom stereocenters. The van der Waals surface area contributed by atoms with Crippen LogP contribution in [0.2, 0.25) is 0 Å². The summed E-state index contributed by atoms with van der Waals surface area (Å²) in [5.41, 5.74) is 2.05. The van der Waals surface area contributed by atoms with E-state index in [1.807, 2.05) is 61.4 Å². The number of aromatic nitrogens is 5. The average Bonchev–Trinajstić information content (AvgIpc) is 3.21. The Kier molecular flexibility index (Phi) is 3.81. The molecule has 138 valence electrons. The van der Waals surface area contributed by atoms with Gasteiger partial charge in [0.2, 0.25) is 0 Å². The summed E-state index contributed by atoms with van der Waals surface area (Å²) >= 11 is 3.34. The van der Waals surface area contributed by atoms with Crippen molar-refractivity contribution in [2.75, 3.05) is 0 Å². The second-order valence-electron chi connectivity index (χ2n) is 7.39. The van der Waals surface area contributed by atoms with Crippen LogP contribution < -0.4 is 0 Å². The molecule has 1 N–H and O–H groups in total. The Morgan fingerprint density at radius 2 is 2.11 bits per heavy atom. The monoisotopic (exact) mass is 493 g/mol. The molecule has 9 heteroatoms. The van der Waals surface area contributed by atoms with E-state index < -0.39 is 5.60 Å². The highest BCUT2D eigenvalue weighted by Gasteiger charge is 2.54. The summed E-state index contributed by atoms with van der Waals surface area (Å²) < 4.78 is 7.19. The van der Waals surface area contributed by atoms with Crippen LogP contribution in [0.3, 0.4) is 0 Å². The van der Waals surface area contributed by atoms with Crippen LogP contribution in [-0.4, -0.2) is 35.4 Å². The van der Waals surface area contributed by atoms with E-state index in [9.17, 15) is 5.11 Å². The lowest BCUT2D eigenvalue weighted by molar-refractivity contribution is -0.148. The van der Waals surface area contributed by atoms with Gasteiger partial charge in [0.05, 0.1) is 11.3 Å². The lowest BCUT2D eigenvalue weighted by Gasteiger charge is -2.48. The number of thiazole rings is 1. The van der Waals surface area contributed by atoms with Gasteiger partial charge in [-0.2, -0.15) is 5.10 Å². The standard InChI is InChI=1S/C18H16IN5O2S/c1-17(26-19)8-18(25,9-17)16-22-13-4-3-12(21-15(13)27-16)10-5-11-7-24(2)23-14(11)20-6-10/h3-7,25H,8-9H2,1-2H3. The molecule has 0 unspecified atom stereocenters. The molecule has 0 aliphatic heterocycles. The number of hydrogen-bond donors (Lipinski definition) is 1. The predicted molar refractivity (Wildman–Crippen MR) is 112 cm³/mol. The van der Waals surface area contributed by atoms with Gasteiger partial charge in [-0.3, -0.25) is 4.68 Å². The highest BCUT2D eigenvalue weighted by Crippen LogP contribution is 2.52. The molecule has 1 aliphatic rings. The van der Waals surface area contributed by atoms with Crippen molar-refractivity contribution in [3.63, 3.8) is 0 Å². The summed E-state index contributed by atoms with van der Waals surface area (Å²) in [5.74, 6) is 0. The second-order valence-corrected chi connectivity index (χ2v) is 8.81. The van der Waals surface area contributed by atoms with Crippen molar-refractivity contribution in [1.29, 1.82) is 0 Å². The van der Waals surface area contributed by atoms with Crippen LogP contribution in [0.5, 0.6) is 0 Å². The summed E-state index contributed by atoms with van der Waals surface area (Å²) in [6, 6.07) is 5.92. The van der Waals surface area contributed by atoms with E-state index in [4.69, 9.17) is 8.05 Å². The third kappa shape index (κ3) is 2.84. The fourth-order valence-electron chi connectivity index (χ4n) is 3.74. The smallest absolute Gasteiger partial charge is 0.181 e. The van der Waals surface area contributed by atoms with Crippen molar-refractivity contribution < 1.29 is 8.17 Å². The molecular formula is C18H16IN5O2S. The molecule has 0 radical (unpaired) electrons. The minimum Gasteiger partial charge on any atom is -0.382 e. The summed E-state index contributed by atoms with van der Waals surface area (Å²) in [7, 11) is 1.88. The largest absolute Gasteiger partial charge is 0.382 e. The van der Waals surface area contributed by atoms with E-state index in [-0.39, 0.29) is 5.60 Å². The van der Waals surface area contributed by atoms with E-state index in [1.54, 1.807) is 10.9 Å². The fourth-order valence-corrected chi connectivity index (χ4v) is 5.08. The van der Waals surface area contributed by atoms with Gasteiger partial charge in [-0.1, -0.05) is 11.3 Å². The number of pyridine rings is 2. The minimum atomic E-state index is -0.929. The Balaban J connectivity index is 1.52. The first-order chi connectivity index (χ1) is 12.9. The number of aryl methyl sites for hydroxylation is 1. The zero-order valence-corrected chi connectivity index (χ0v) is 17.7. The number of nitrogens with zero attached hydrogens (tertiary/aromatic N) is 5. The van der Waals surface area contributed by atoms with Crippen molar-refractivity contribution in [3.05, 3.63) is 35.6 Å². The molecule has 4 aromatic rings. The Labute approximate surface area is 173 Å². The molecule has 0 amide bonds. The zero-order valence-electron chi connectivity index (χ0n) is 14.7. The van der Waals surface area contributed by atoms with Crippen LogP contribution >= 0.6 is 34.3 Å². The van der Waals surface area contributed by atoms with Crippen molar-refractivity contribution in [2.45, 2.75) is 31.0 Å². The Hall–Kier alpha value is -1.69.